The van der Waals surface area contributed by atoms with Crippen LogP contribution in [0.1, 0.15) is 58.8 Å². The maximum absolute atomic E-state index is 10.7. The summed E-state index contributed by atoms with van der Waals surface area (Å²) in [6.07, 6.45) is 8.13. The number of hydrogen-bond acceptors (Lipinski definition) is 2. The predicted octanol–water partition coefficient (Wildman–Crippen LogP) is 4.00. The second-order valence-electron chi connectivity index (χ2n) is 4.96. The first kappa shape index (κ1) is 15.8. The third kappa shape index (κ3) is 9.08. The molecule has 0 aliphatic rings. The SMILES string of the molecule is CC(C)CCCCCCCC(CS)C(=O)O. The molecule has 0 fully saturated rings. The van der Waals surface area contributed by atoms with Crippen molar-refractivity contribution in [2.45, 2.75) is 58.8 Å². The van der Waals surface area contributed by atoms with Crippen molar-refractivity contribution in [3.8, 4) is 0 Å². The number of carboxylic acid groups (broad SMARTS) is 1. The molecule has 3 heteroatoms. The first-order valence-corrected chi connectivity index (χ1v) is 7.04. The van der Waals surface area contributed by atoms with E-state index in [1.165, 1.54) is 25.7 Å². The summed E-state index contributed by atoms with van der Waals surface area (Å²) >= 11 is 4.06. The summed E-state index contributed by atoms with van der Waals surface area (Å²) in [4.78, 5) is 10.7. The van der Waals surface area contributed by atoms with Crippen molar-refractivity contribution >= 4 is 18.6 Å². The molecule has 0 saturated heterocycles. The normalized spacial score (nSPS) is 13.0. The Morgan fingerprint density at radius 2 is 1.56 bits per heavy atom. The molecular formula is C13H26O2S. The Labute approximate surface area is 105 Å². The minimum atomic E-state index is -0.699. The van der Waals surface area contributed by atoms with E-state index in [0.717, 1.165) is 25.2 Å². The zero-order chi connectivity index (χ0) is 12.4. The zero-order valence-electron chi connectivity index (χ0n) is 10.6. The minimum absolute atomic E-state index is 0.251. The zero-order valence-corrected chi connectivity index (χ0v) is 11.5. The summed E-state index contributed by atoms with van der Waals surface area (Å²) in [6, 6.07) is 0. The predicted molar refractivity (Wildman–Crippen MR) is 72.1 cm³/mol. The van der Waals surface area contributed by atoms with E-state index < -0.39 is 5.97 Å². The fourth-order valence-electron chi connectivity index (χ4n) is 1.77. The molecular weight excluding hydrogens is 220 g/mol. The first-order valence-electron chi connectivity index (χ1n) is 6.41. The molecule has 16 heavy (non-hydrogen) atoms. The van der Waals surface area contributed by atoms with Crippen molar-refractivity contribution in [2.75, 3.05) is 5.75 Å². The van der Waals surface area contributed by atoms with E-state index in [2.05, 4.69) is 26.5 Å². The molecule has 0 bridgehead atoms. The van der Waals surface area contributed by atoms with E-state index in [9.17, 15) is 4.79 Å². The van der Waals surface area contributed by atoms with Crippen LogP contribution in [0.15, 0.2) is 0 Å². The van der Waals surface area contributed by atoms with Crippen molar-refractivity contribution in [3.05, 3.63) is 0 Å². The van der Waals surface area contributed by atoms with Gasteiger partial charge in [-0.2, -0.15) is 12.6 Å². The quantitative estimate of drug-likeness (QED) is 0.451. The van der Waals surface area contributed by atoms with Gasteiger partial charge in [-0.05, 0) is 12.3 Å². The van der Waals surface area contributed by atoms with Crippen LogP contribution >= 0.6 is 12.6 Å². The van der Waals surface area contributed by atoms with Gasteiger partial charge in [0.25, 0.3) is 0 Å². The molecule has 0 aromatic heterocycles. The Bertz CT molecular complexity index is 181. The van der Waals surface area contributed by atoms with Crippen LogP contribution in [-0.2, 0) is 4.79 Å². The second-order valence-corrected chi connectivity index (χ2v) is 5.32. The molecule has 0 aromatic rings. The largest absolute Gasteiger partial charge is 0.481 e. The molecule has 1 unspecified atom stereocenters. The van der Waals surface area contributed by atoms with Gasteiger partial charge in [-0.15, -0.1) is 0 Å². The summed E-state index contributed by atoms with van der Waals surface area (Å²) in [5, 5.41) is 8.83. The number of carboxylic acids is 1. The first-order chi connectivity index (χ1) is 7.57. The molecule has 1 atom stereocenters. The highest BCUT2D eigenvalue weighted by molar-refractivity contribution is 7.80. The Morgan fingerprint density at radius 3 is 2.00 bits per heavy atom. The smallest absolute Gasteiger partial charge is 0.307 e. The summed E-state index contributed by atoms with van der Waals surface area (Å²) in [5.74, 6) is 0.317. The summed E-state index contributed by atoms with van der Waals surface area (Å²) < 4.78 is 0. The highest BCUT2D eigenvalue weighted by atomic mass is 32.1. The lowest BCUT2D eigenvalue weighted by Gasteiger charge is -2.08. The molecule has 0 aromatic carbocycles. The number of unbranched alkanes of at least 4 members (excludes halogenated alkanes) is 4. The number of carbonyl (C=O) groups is 1. The lowest BCUT2D eigenvalue weighted by Crippen LogP contribution is -2.14. The molecule has 0 heterocycles. The molecule has 0 aliphatic carbocycles. The third-order valence-electron chi connectivity index (χ3n) is 2.90. The molecule has 0 aliphatic heterocycles. The number of aliphatic carboxylic acids is 1. The van der Waals surface area contributed by atoms with Crippen molar-refractivity contribution in [3.63, 3.8) is 0 Å². The van der Waals surface area contributed by atoms with Crippen LogP contribution in [-0.4, -0.2) is 16.8 Å². The van der Waals surface area contributed by atoms with Crippen LogP contribution in [0.3, 0.4) is 0 Å². The second kappa shape index (κ2) is 10.0. The molecule has 0 radical (unpaired) electrons. The Balaban J connectivity index is 3.29. The Kier molecular flexibility index (Phi) is 9.89. The molecule has 1 N–H and O–H groups in total. The van der Waals surface area contributed by atoms with Crippen LogP contribution in [0.25, 0.3) is 0 Å². The van der Waals surface area contributed by atoms with E-state index in [0.29, 0.717) is 5.75 Å². The van der Waals surface area contributed by atoms with Gasteiger partial charge >= 0.3 is 5.97 Å². The number of hydrogen-bond donors (Lipinski definition) is 2. The van der Waals surface area contributed by atoms with Gasteiger partial charge < -0.3 is 5.11 Å². The van der Waals surface area contributed by atoms with Gasteiger partial charge in [0.15, 0.2) is 0 Å². The number of thiol groups is 1. The van der Waals surface area contributed by atoms with Gasteiger partial charge in [-0.1, -0.05) is 52.4 Å². The van der Waals surface area contributed by atoms with Crippen molar-refractivity contribution in [1.82, 2.24) is 0 Å². The van der Waals surface area contributed by atoms with Crippen LogP contribution in [0, 0.1) is 11.8 Å². The maximum atomic E-state index is 10.7. The third-order valence-corrected chi connectivity index (χ3v) is 3.34. The molecule has 0 saturated carbocycles. The molecule has 0 spiro atoms. The molecule has 96 valence electrons. The summed E-state index contributed by atoms with van der Waals surface area (Å²) in [7, 11) is 0. The van der Waals surface area contributed by atoms with E-state index in [1.54, 1.807) is 0 Å². The van der Waals surface area contributed by atoms with E-state index in [4.69, 9.17) is 5.11 Å². The van der Waals surface area contributed by atoms with E-state index in [1.807, 2.05) is 0 Å². The van der Waals surface area contributed by atoms with Gasteiger partial charge in [-0.3, -0.25) is 4.79 Å². The monoisotopic (exact) mass is 246 g/mol. The molecule has 0 rings (SSSR count). The minimum Gasteiger partial charge on any atom is -0.481 e. The Hall–Kier alpha value is -0.180. The fraction of sp³-hybridized carbons (Fsp3) is 0.923. The van der Waals surface area contributed by atoms with Crippen molar-refractivity contribution < 1.29 is 9.90 Å². The fourth-order valence-corrected chi connectivity index (χ4v) is 2.11. The average molecular weight is 246 g/mol. The molecule has 0 amide bonds. The van der Waals surface area contributed by atoms with Crippen LogP contribution < -0.4 is 0 Å². The average Bonchev–Trinajstić information content (AvgIpc) is 2.21. The van der Waals surface area contributed by atoms with Gasteiger partial charge in [0.05, 0.1) is 5.92 Å². The van der Waals surface area contributed by atoms with E-state index in [-0.39, 0.29) is 5.92 Å². The molecule has 2 nitrogen and oxygen atoms in total. The lowest BCUT2D eigenvalue weighted by molar-refractivity contribution is -0.141. The van der Waals surface area contributed by atoms with E-state index >= 15 is 0 Å². The summed E-state index contributed by atoms with van der Waals surface area (Å²) in [6.45, 7) is 4.51. The van der Waals surface area contributed by atoms with Crippen LogP contribution in [0.5, 0.6) is 0 Å². The van der Waals surface area contributed by atoms with Crippen LogP contribution in [0.2, 0.25) is 0 Å². The maximum Gasteiger partial charge on any atom is 0.307 e. The van der Waals surface area contributed by atoms with Gasteiger partial charge in [0.1, 0.15) is 0 Å². The van der Waals surface area contributed by atoms with Gasteiger partial charge in [0, 0.05) is 5.75 Å². The van der Waals surface area contributed by atoms with Gasteiger partial charge in [0.2, 0.25) is 0 Å². The van der Waals surface area contributed by atoms with Crippen molar-refractivity contribution in [1.29, 1.82) is 0 Å². The standard InChI is InChI=1S/C13H26O2S/c1-11(2)8-6-4-3-5-7-9-12(10-16)13(14)15/h11-12,16H,3-10H2,1-2H3,(H,14,15). The van der Waals surface area contributed by atoms with Crippen LogP contribution in [0.4, 0.5) is 0 Å². The Morgan fingerprint density at radius 1 is 1.06 bits per heavy atom. The van der Waals surface area contributed by atoms with Gasteiger partial charge in [-0.25, -0.2) is 0 Å². The lowest BCUT2D eigenvalue weighted by atomic mass is 10.0. The highest BCUT2D eigenvalue weighted by Crippen LogP contribution is 2.15. The number of rotatable bonds is 10. The van der Waals surface area contributed by atoms with Crippen molar-refractivity contribution in [2.24, 2.45) is 11.8 Å². The highest BCUT2D eigenvalue weighted by Gasteiger charge is 2.14. The summed E-state index contributed by atoms with van der Waals surface area (Å²) in [5.41, 5.74) is 0. The topological polar surface area (TPSA) is 37.3 Å².